The lowest BCUT2D eigenvalue weighted by Crippen LogP contribution is -2.39. The average Bonchev–Trinajstić information content (AvgIpc) is 2.38. The van der Waals surface area contributed by atoms with E-state index in [4.69, 9.17) is 0 Å². The molecule has 1 heterocycles. The van der Waals surface area contributed by atoms with Gasteiger partial charge in [-0.3, -0.25) is 10.2 Å². The molecule has 4 heteroatoms. The topological polar surface area (TPSA) is 44.4 Å². The number of amides is 1. The van der Waals surface area contributed by atoms with Crippen LogP contribution >= 0.6 is 0 Å². The Balaban J connectivity index is 1.91. The number of likely N-dealkylation sites (N-methyl/N-ethyl adjacent to an activating group) is 1. The van der Waals surface area contributed by atoms with Gasteiger partial charge in [0.25, 0.3) is 5.91 Å². The Morgan fingerprint density at radius 3 is 2.78 bits per heavy atom. The van der Waals surface area contributed by atoms with Crippen LogP contribution in [0.3, 0.4) is 0 Å². The van der Waals surface area contributed by atoms with E-state index in [1.165, 1.54) is 0 Å². The molecule has 0 saturated heterocycles. The maximum atomic E-state index is 12.0. The summed E-state index contributed by atoms with van der Waals surface area (Å²) in [5.41, 5.74) is 8.52. The molecule has 2 rings (SSSR count). The first-order valence-corrected chi connectivity index (χ1v) is 6.16. The summed E-state index contributed by atoms with van der Waals surface area (Å²) in [5, 5.41) is 0. The molecular weight excluding hydrogens is 226 g/mol. The summed E-state index contributed by atoms with van der Waals surface area (Å²) in [5.74, 6) is -0.0899. The third kappa shape index (κ3) is 3.11. The van der Waals surface area contributed by atoms with Crippen LogP contribution in [0.15, 0.2) is 36.0 Å². The van der Waals surface area contributed by atoms with Gasteiger partial charge < -0.3 is 10.3 Å². The van der Waals surface area contributed by atoms with Crippen molar-refractivity contribution in [2.24, 2.45) is 0 Å². The molecule has 1 aromatic carbocycles. The van der Waals surface area contributed by atoms with Crippen LogP contribution in [0.5, 0.6) is 0 Å². The Kier molecular flexibility index (Phi) is 3.99. The van der Waals surface area contributed by atoms with Crippen LogP contribution in [0.4, 0.5) is 0 Å². The van der Waals surface area contributed by atoms with E-state index >= 15 is 0 Å². The molecule has 4 nitrogen and oxygen atoms in total. The molecule has 0 radical (unpaired) electrons. The number of hydrazine groups is 1. The van der Waals surface area contributed by atoms with Crippen LogP contribution in [0.1, 0.15) is 22.3 Å². The third-order valence-corrected chi connectivity index (χ3v) is 3.14. The fourth-order valence-electron chi connectivity index (χ4n) is 1.92. The van der Waals surface area contributed by atoms with Crippen molar-refractivity contribution in [3.8, 4) is 0 Å². The maximum absolute atomic E-state index is 12.0. The minimum atomic E-state index is -0.0899. The van der Waals surface area contributed by atoms with Crippen molar-refractivity contribution in [1.82, 2.24) is 15.8 Å². The number of hydrogen-bond acceptors (Lipinski definition) is 3. The van der Waals surface area contributed by atoms with Crippen LogP contribution in [-0.4, -0.2) is 30.9 Å². The number of rotatable bonds is 3. The Morgan fingerprint density at radius 2 is 2.11 bits per heavy atom. The van der Waals surface area contributed by atoms with Crippen molar-refractivity contribution in [2.45, 2.75) is 13.3 Å². The molecule has 0 bridgehead atoms. The Hall–Kier alpha value is -1.81. The quantitative estimate of drug-likeness (QED) is 0.792. The van der Waals surface area contributed by atoms with Crippen LogP contribution in [0.25, 0.3) is 0 Å². The number of nitrogens with zero attached hydrogens (tertiary/aromatic N) is 1. The highest BCUT2D eigenvalue weighted by Crippen LogP contribution is 2.07. The molecule has 0 saturated carbocycles. The molecular formula is C14H19N3O. The lowest BCUT2D eigenvalue weighted by molar-refractivity contribution is 0.0937. The Morgan fingerprint density at radius 1 is 1.33 bits per heavy atom. The third-order valence-electron chi connectivity index (χ3n) is 3.14. The zero-order valence-corrected chi connectivity index (χ0v) is 10.9. The van der Waals surface area contributed by atoms with Gasteiger partial charge in [0.1, 0.15) is 0 Å². The van der Waals surface area contributed by atoms with Crippen molar-refractivity contribution >= 4 is 5.91 Å². The van der Waals surface area contributed by atoms with Crippen molar-refractivity contribution in [1.29, 1.82) is 0 Å². The molecule has 96 valence electrons. The first-order chi connectivity index (χ1) is 8.66. The van der Waals surface area contributed by atoms with Crippen molar-refractivity contribution in [2.75, 3.05) is 20.1 Å². The zero-order valence-electron chi connectivity index (χ0n) is 10.9. The lowest BCUT2D eigenvalue weighted by Gasteiger charge is -2.22. The zero-order chi connectivity index (χ0) is 13.0. The summed E-state index contributed by atoms with van der Waals surface area (Å²) in [6.45, 7) is 3.87. The van der Waals surface area contributed by atoms with Gasteiger partial charge in [-0.25, -0.2) is 0 Å². The smallest absolute Gasteiger partial charge is 0.269 e. The highest BCUT2D eigenvalue weighted by Gasteiger charge is 2.10. The fourth-order valence-corrected chi connectivity index (χ4v) is 1.92. The molecule has 2 N–H and O–H groups in total. The standard InChI is InChI=1S/C14H19N3O/c1-11-5-3-4-6-13(11)14(18)16-15-12-7-9-17(2)10-8-12/h3-7,15H,8-10H2,1-2H3,(H,16,18). The van der Waals surface area contributed by atoms with Crippen LogP contribution in [0, 0.1) is 6.92 Å². The van der Waals surface area contributed by atoms with Crippen molar-refractivity contribution in [3.63, 3.8) is 0 Å². The molecule has 0 spiro atoms. The number of benzene rings is 1. The van der Waals surface area contributed by atoms with Gasteiger partial charge in [0.2, 0.25) is 0 Å². The highest BCUT2D eigenvalue weighted by atomic mass is 16.2. The van der Waals surface area contributed by atoms with Gasteiger partial charge >= 0.3 is 0 Å². The number of aryl methyl sites for hydroxylation is 1. The highest BCUT2D eigenvalue weighted by molar-refractivity contribution is 5.95. The van der Waals surface area contributed by atoms with E-state index in [1.807, 2.05) is 31.2 Å². The van der Waals surface area contributed by atoms with Crippen LogP contribution < -0.4 is 10.9 Å². The normalized spacial score (nSPS) is 16.0. The van der Waals surface area contributed by atoms with E-state index in [2.05, 4.69) is 28.9 Å². The summed E-state index contributed by atoms with van der Waals surface area (Å²) in [6.07, 6.45) is 3.03. The summed E-state index contributed by atoms with van der Waals surface area (Å²) < 4.78 is 0. The fraction of sp³-hybridized carbons (Fsp3) is 0.357. The van der Waals surface area contributed by atoms with Gasteiger partial charge in [-0.05, 0) is 31.7 Å². The maximum Gasteiger partial charge on any atom is 0.269 e. The molecule has 1 aliphatic heterocycles. The first kappa shape index (κ1) is 12.6. The summed E-state index contributed by atoms with van der Waals surface area (Å²) >= 11 is 0. The summed E-state index contributed by atoms with van der Waals surface area (Å²) in [4.78, 5) is 14.2. The number of carbonyl (C=O) groups is 1. The minimum Gasteiger partial charge on any atom is -0.303 e. The van der Waals surface area contributed by atoms with E-state index < -0.39 is 0 Å². The molecule has 0 aromatic heterocycles. The number of nitrogens with one attached hydrogen (secondary N) is 2. The molecule has 0 atom stereocenters. The monoisotopic (exact) mass is 245 g/mol. The molecule has 18 heavy (non-hydrogen) atoms. The molecule has 1 aliphatic rings. The van der Waals surface area contributed by atoms with E-state index in [9.17, 15) is 4.79 Å². The summed E-state index contributed by atoms with van der Waals surface area (Å²) in [7, 11) is 2.08. The second-order valence-electron chi connectivity index (χ2n) is 4.64. The van der Waals surface area contributed by atoms with Gasteiger partial charge in [0, 0.05) is 30.8 Å². The Bertz CT molecular complexity index is 468. The van der Waals surface area contributed by atoms with Gasteiger partial charge in [-0.1, -0.05) is 18.2 Å². The lowest BCUT2D eigenvalue weighted by atomic mass is 10.1. The van der Waals surface area contributed by atoms with E-state index in [0.717, 1.165) is 30.8 Å². The average molecular weight is 245 g/mol. The molecule has 1 amide bonds. The molecule has 0 aliphatic carbocycles. The van der Waals surface area contributed by atoms with Crippen molar-refractivity contribution < 1.29 is 4.79 Å². The van der Waals surface area contributed by atoms with E-state index in [-0.39, 0.29) is 5.91 Å². The Labute approximate surface area is 108 Å². The minimum absolute atomic E-state index is 0.0899. The number of hydrogen-bond donors (Lipinski definition) is 2. The predicted molar refractivity (Wildman–Crippen MR) is 72.0 cm³/mol. The first-order valence-electron chi connectivity index (χ1n) is 6.16. The van der Waals surface area contributed by atoms with Gasteiger partial charge in [-0.15, -0.1) is 0 Å². The molecule has 0 unspecified atom stereocenters. The van der Waals surface area contributed by atoms with Gasteiger partial charge in [0.05, 0.1) is 0 Å². The van der Waals surface area contributed by atoms with Crippen molar-refractivity contribution in [3.05, 3.63) is 47.2 Å². The second-order valence-corrected chi connectivity index (χ2v) is 4.64. The SMILES string of the molecule is Cc1ccccc1C(=O)NNC1=CCN(C)CC1. The summed E-state index contributed by atoms with van der Waals surface area (Å²) in [6, 6.07) is 7.56. The molecule has 0 fully saturated rings. The van der Waals surface area contributed by atoms with Crippen LogP contribution in [0.2, 0.25) is 0 Å². The number of carbonyl (C=O) groups excluding carboxylic acids is 1. The molecule has 1 aromatic rings. The largest absolute Gasteiger partial charge is 0.303 e. The van der Waals surface area contributed by atoms with Gasteiger partial charge in [-0.2, -0.15) is 0 Å². The van der Waals surface area contributed by atoms with E-state index in [1.54, 1.807) is 0 Å². The van der Waals surface area contributed by atoms with Crippen LogP contribution in [-0.2, 0) is 0 Å². The van der Waals surface area contributed by atoms with E-state index in [0.29, 0.717) is 5.56 Å². The van der Waals surface area contributed by atoms with Gasteiger partial charge in [0.15, 0.2) is 0 Å². The second kappa shape index (κ2) is 5.69. The predicted octanol–water partition coefficient (Wildman–Crippen LogP) is 1.45.